The molecule has 0 atom stereocenters. The van der Waals surface area contributed by atoms with E-state index in [0.717, 1.165) is 38.5 Å². The second-order valence-electron chi connectivity index (χ2n) is 3.70. The van der Waals surface area contributed by atoms with Crippen LogP contribution in [0, 0.1) is 0 Å². The summed E-state index contributed by atoms with van der Waals surface area (Å²) < 4.78 is 0. The van der Waals surface area contributed by atoms with Gasteiger partial charge in [0.05, 0.1) is 6.61 Å². The van der Waals surface area contributed by atoms with E-state index in [4.69, 9.17) is 5.73 Å². The summed E-state index contributed by atoms with van der Waals surface area (Å²) in [7, 11) is 0. The summed E-state index contributed by atoms with van der Waals surface area (Å²) in [4.78, 5) is 28.8. The van der Waals surface area contributed by atoms with E-state index in [9.17, 15) is 9.59 Å². The number of hydrogen-bond donors (Lipinski definition) is 2. The third-order valence-electron chi connectivity index (χ3n) is 2.09. The minimum absolute atomic E-state index is 0.251. The summed E-state index contributed by atoms with van der Waals surface area (Å²) in [5.74, 6) is -0.251. The Morgan fingerprint density at radius 2 is 1.44 bits per heavy atom. The van der Waals surface area contributed by atoms with E-state index in [2.05, 4.69) is 25.6 Å². The Hall–Kier alpha value is -1.38. The Balaban J connectivity index is 2.99. The van der Waals surface area contributed by atoms with Gasteiger partial charge in [0, 0.05) is 11.5 Å². The van der Waals surface area contributed by atoms with Crippen LogP contribution < -0.4 is 11.5 Å². The molecule has 0 heterocycles. The van der Waals surface area contributed by atoms with Gasteiger partial charge in [-0.1, -0.05) is 25.7 Å². The molecule has 8 nitrogen and oxygen atoms in total. The van der Waals surface area contributed by atoms with E-state index in [1.807, 2.05) is 0 Å². The van der Waals surface area contributed by atoms with Gasteiger partial charge in [-0.15, -0.1) is 0 Å². The molecule has 0 aromatic carbocycles. The van der Waals surface area contributed by atoms with E-state index in [-0.39, 0.29) is 5.91 Å². The molecule has 8 heteroatoms. The van der Waals surface area contributed by atoms with E-state index in [1.54, 1.807) is 0 Å². The van der Waals surface area contributed by atoms with Crippen molar-refractivity contribution in [1.29, 1.82) is 0 Å². The molecule has 106 valence electrons. The molecular formula is C10H20N2O6. The molecule has 0 aromatic heterocycles. The van der Waals surface area contributed by atoms with E-state index >= 15 is 0 Å². The zero-order valence-corrected chi connectivity index (χ0v) is 10.3. The molecule has 4 N–H and O–H groups in total. The molecule has 0 bridgehead atoms. The quantitative estimate of drug-likeness (QED) is 0.309. The molecule has 0 aliphatic carbocycles. The van der Waals surface area contributed by atoms with Gasteiger partial charge in [-0.05, 0) is 17.9 Å². The van der Waals surface area contributed by atoms with E-state index < -0.39 is 6.09 Å². The van der Waals surface area contributed by atoms with Gasteiger partial charge in [0.15, 0.2) is 0 Å². The predicted octanol–water partition coefficient (Wildman–Crippen LogP) is 1.09. The lowest BCUT2D eigenvalue weighted by atomic mass is 10.1. The SMILES string of the molecule is NC(=O)CCCCCCCCOOOOC(N)=O. The van der Waals surface area contributed by atoms with Gasteiger partial charge < -0.3 is 11.5 Å². The first-order valence-corrected chi connectivity index (χ1v) is 5.83. The van der Waals surface area contributed by atoms with Crippen LogP contribution in [0.4, 0.5) is 4.79 Å². The molecule has 0 aliphatic heterocycles. The third kappa shape index (κ3) is 14.6. The summed E-state index contributed by atoms with van der Waals surface area (Å²) in [5.41, 5.74) is 9.59. The highest BCUT2D eigenvalue weighted by Crippen LogP contribution is 2.07. The Labute approximate surface area is 105 Å². The number of nitrogens with two attached hydrogens (primary N) is 2. The van der Waals surface area contributed by atoms with Crippen molar-refractivity contribution in [3.05, 3.63) is 0 Å². The third-order valence-corrected chi connectivity index (χ3v) is 2.09. The smallest absolute Gasteiger partial charge is 0.370 e. The summed E-state index contributed by atoms with van der Waals surface area (Å²) in [5, 5.41) is 7.88. The molecule has 0 aliphatic rings. The fraction of sp³-hybridized carbons (Fsp3) is 0.800. The number of hydrogen-bond acceptors (Lipinski definition) is 6. The molecule has 0 saturated heterocycles. The Kier molecular flexibility index (Phi) is 11.2. The molecule has 0 rings (SSSR count). The van der Waals surface area contributed by atoms with Gasteiger partial charge in [0.1, 0.15) is 0 Å². The van der Waals surface area contributed by atoms with Crippen LogP contribution in [0.25, 0.3) is 0 Å². The first-order chi connectivity index (χ1) is 8.63. The normalized spacial score (nSPS) is 10.2. The molecule has 0 aromatic rings. The van der Waals surface area contributed by atoms with Crippen molar-refractivity contribution in [3.63, 3.8) is 0 Å². The number of primary amides is 2. The maximum atomic E-state index is 10.4. The average Bonchev–Trinajstić information content (AvgIpc) is 2.29. The molecule has 0 unspecified atom stereocenters. The minimum Gasteiger partial charge on any atom is -0.370 e. The summed E-state index contributed by atoms with van der Waals surface area (Å²) in [6, 6.07) is 0. The van der Waals surface area contributed by atoms with Gasteiger partial charge >= 0.3 is 6.09 Å². The minimum atomic E-state index is -1.12. The number of unbranched alkanes of at least 4 members (excludes halogenated alkanes) is 5. The van der Waals surface area contributed by atoms with Crippen molar-refractivity contribution in [2.24, 2.45) is 11.5 Å². The van der Waals surface area contributed by atoms with Crippen molar-refractivity contribution in [2.45, 2.75) is 44.9 Å². The van der Waals surface area contributed by atoms with Crippen LogP contribution in [0.2, 0.25) is 0 Å². The van der Waals surface area contributed by atoms with Gasteiger partial charge in [-0.3, -0.25) is 4.79 Å². The number of carbonyl (C=O) groups is 2. The highest BCUT2D eigenvalue weighted by molar-refractivity contribution is 5.73. The van der Waals surface area contributed by atoms with Crippen molar-refractivity contribution >= 4 is 12.0 Å². The average molecular weight is 264 g/mol. The highest BCUT2D eigenvalue weighted by atomic mass is 17.7. The van der Waals surface area contributed by atoms with Crippen LogP contribution in [0.15, 0.2) is 0 Å². The summed E-state index contributed by atoms with van der Waals surface area (Å²) >= 11 is 0. The largest absolute Gasteiger partial charge is 0.439 e. The van der Waals surface area contributed by atoms with Crippen LogP contribution in [-0.4, -0.2) is 18.6 Å². The Morgan fingerprint density at radius 1 is 0.833 bits per heavy atom. The van der Waals surface area contributed by atoms with Crippen molar-refractivity contribution < 1.29 is 29.4 Å². The number of amides is 2. The summed E-state index contributed by atoms with van der Waals surface area (Å²) in [6.45, 7) is 0.323. The highest BCUT2D eigenvalue weighted by Gasteiger charge is 1.97. The zero-order valence-electron chi connectivity index (χ0n) is 10.3. The Morgan fingerprint density at radius 3 is 2.06 bits per heavy atom. The van der Waals surface area contributed by atoms with Gasteiger partial charge in [-0.2, -0.15) is 0 Å². The van der Waals surface area contributed by atoms with Crippen LogP contribution in [-0.2, 0) is 24.6 Å². The van der Waals surface area contributed by atoms with Crippen LogP contribution in [0.3, 0.4) is 0 Å². The second kappa shape index (κ2) is 12.1. The lowest BCUT2D eigenvalue weighted by molar-refractivity contribution is -0.615. The van der Waals surface area contributed by atoms with Crippen molar-refractivity contribution in [2.75, 3.05) is 6.61 Å². The fourth-order valence-corrected chi connectivity index (χ4v) is 1.27. The maximum absolute atomic E-state index is 10.4. The number of carbonyl (C=O) groups excluding carboxylic acids is 2. The summed E-state index contributed by atoms with van der Waals surface area (Å²) in [6.07, 6.45) is 5.02. The first-order valence-electron chi connectivity index (χ1n) is 5.83. The molecule has 0 saturated carbocycles. The van der Waals surface area contributed by atoms with E-state index in [1.165, 1.54) is 0 Å². The topological polar surface area (TPSA) is 123 Å². The second-order valence-corrected chi connectivity index (χ2v) is 3.70. The van der Waals surface area contributed by atoms with Crippen LogP contribution in [0.1, 0.15) is 44.9 Å². The van der Waals surface area contributed by atoms with Crippen molar-refractivity contribution in [3.8, 4) is 0 Å². The molecule has 0 fully saturated rings. The zero-order chi connectivity index (χ0) is 13.6. The lowest BCUT2D eigenvalue weighted by Gasteiger charge is -2.01. The molecule has 18 heavy (non-hydrogen) atoms. The molecule has 2 amide bonds. The van der Waals surface area contributed by atoms with E-state index in [0.29, 0.717) is 13.0 Å². The first kappa shape index (κ1) is 16.6. The van der Waals surface area contributed by atoms with Gasteiger partial charge in [0.2, 0.25) is 5.91 Å². The predicted molar refractivity (Wildman–Crippen MR) is 60.3 cm³/mol. The Bertz CT molecular complexity index is 212. The van der Waals surface area contributed by atoms with Gasteiger partial charge in [-0.25, -0.2) is 14.6 Å². The number of rotatable bonds is 12. The fourth-order valence-electron chi connectivity index (χ4n) is 1.27. The maximum Gasteiger partial charge on any atom is 0.439 e. The van der Waals surface area contributed by atoms with Crippen LogP contribution >= 0.6 is 0 Å². The van der Waals surface area contributed by atoms with Gasteiger partial charge in [0.25, 0.3) is 0 Å². The van der Waals surface area contributed by atoms with Crippen LogP contribution in [0.5, 0.6) is 0 Å². The molecule has 0 spiro atoms. The monoisotopic (exact) mass is 264 g/mol. The standard InChI is InChI=1S/C10H20N2O6/c11-9(13)7-5-3-1-2-4-6-8-15-17-18-16-10(12)14/h1-8H2,(H2,11,13)(H2,12,14). The lowest BCUT2D eigenvalue weighted by Crippen LogP contribution is -2.13. The molecule has 0 radical (unpaired) electrons. The molecular weight excluding hydrogens is 244 g/mol. The van der Waals surface area contributed by atoms with Crippen molar-refractivity contribution in [1.82, 2.24) is 0 Å².